The molecule has 136 valence electrons. The zero-order chi connectivity index (χ0) is 18.1. The fourth-order valence-electron chi connectivity index (χ4n) is 3.37. The van der Waals surface area contributed by atoms with Crippen LogP contribution in [0.5, 0.6) is 0 Å². The largest absolute Gasteiger partial charge is 0.377 e. The molecule has 1 fully saturated rings. The normalized spacial score (nSPS) is 15.0. The van der Waals surface area contributed by atoms with Crippen LogP contribution in [0.1, 0.15) is 17.1 Å². The second-order valence-corrected chi connectivity index (χ2v) is 6.66. The van der Waals surface area contributed by atoms with E-state index in [0.717, 1.165) is 54.4 Å². The molecule has 7 heteroatoms. The Morgan fingerprint density at radius 1 is 1.08 bits per heavy atom. The number of fused-ring (bicyclic) bond motifs is 1. The van der Waals surface area contributed by atoms with Gasteiger partial charge in [0.05, 0.1) is 16.8 Å². The first kappa shape index (κ1) is 16.9. The molecule has 0 aliphatic carbocycles. The van der Waals surface area contributed by atoms with Gasteiger partial charge in [-0.15, -0.1) is 0 Å². The maximum atomic E-state index is 5.30. The zero-order valence-corrected chi connectivity index (χ0v) is 15.5. The number of hydrogen-bond donors (Lipinski definition) is 1. The van der Waals surface area contributed by atoms with E-state index in [2.05, 4.69) is 41.4 Å². The molecule has 0 atom stereocenters. The van der Waals surface area contributed by atoms with Gasteiger partial charge < -0.3 is 15.0 Å². The van der Waals surface area contributed by atoms with Crippen LogP contribution in [0.4, 0.5) is 5.82 Å². The second kappa shape index (κ2) is 7.01. The van der Waals surface area contributed by atoms with Gasteiger partial charge in [-0.3, -0.25) is 0 Å². The second-order valence-electron chi connectivity index (χ2n) is 6.66. The van der Waals surface area contributed by atoms with Crippen molar-refractivity contribution in [3.05, 3.63) is 41.3 Å². The molecule has 2 aromatic heterocycles. The summed E-state index contributed by atoms with van der Waals surface area (Å²) in [6, 6.07) is 8.33. The molecule has 0 bridgehead atoms. The number of aromatic nitrogens is 4. The Labute approximate surface area is 153 Å². The van der Waals surface area contributed by atoms with Gasteiger partial charge in [-0.1, -0.05) is 17.7 Å². The molecule has 0 unspecified atom stereocenters. The Hall–Kier alpha value is -2.51. The van der Waals surface area contributed by atoms with E-state index < -0.39 is 0 Å². The van der Waals surface area contributed by atoms with Crippen molar-refractivity contribution in [3.8, 4) is 5.69 Å². The number of nitrogens with one attached hydrogen (secondary N) is 1. The Morgan fingerprint density at radius 2 is 1.81 bits per heavy atom. The highest BCUT2D eigenvalue weighted by atomic mass is 16.5. The molecule has 3 heterocycles. The first-order chi connectivity index (χ1) is 12.7. The van der Waals surface area contributed by atoms with Crippen LogP contribution in [-0.2, 0) is 11.3 Å². The fraction of sp³-hybridized carbons (Fsp3) is 0.421. The zero-order valence-electron chi connectivity index (χ0n) is 15.5. The topological polar surface area (TPSA) is 68.1 Å². The Bertz CT molecular complexity index is 912. The van der Waals surface area contributed by atoms with E-state index in [4.69, 9.17) is 19.8 Å². The van der Waals surface area contributed by atoms with Crippen molar-refractivity contribution < 1.29 is 4.74 Å². The average molecular weight is 352 g/mol. The number of nitrogens with zero attached hydrogens (tertiary/aromatic N) is 5. The summed E-state index contributed by atoms with van der Waals surface area (Å²) in [5.74, 6) is 1.64. The molecule has 0 amide bonds. The third kappa shape index (κ3) is 3.04. The van der Waals surface area contributed by atoms with Crippen molar-refractivity contribution in [2.75, 3.05) is 38.2 Å². The standard InChI is InChI=1S/C19H24N6O/c1-13-4-6-15(7-5-13)25-19-17(14(2)23-25)18(21-16(22-19)12-26-3)24-10-8-20-9-11-24/h4-7,20H,8-12H2,1-3H3. The van der Waals surface area contributed by atoms with Crippen molar-refractivity contribution >= 4 is 16.9 Å². The van der Waals surface area contributed by atoms with Crippen LogP contribution in [-0.4, -0.2) is 53.0 Å². The summed E-state index contributed by atoms with van der Waals surface area (Å²) < 4.78 is 7.22. The molecule has 0 radical (unpaired) electrons. The summed E-state index contributed by atoms with van der Waals surface area (Å²) in [7, 11) is 1.67. The number of hydrogen-bond acceptors (Lipinski definition) is 6. The lowest BCUT2D eigenvalue weighted by atomic mass is 10.2. The summed E-state index contributed by atoms with van der Waals surface area (Å²) in [5, 5.41) is 9.19. The number of rotatable bonds is 4. The highest BCUT2D eigenvalue weighted by molar-refractivity contribution is 5.91. The summed E-state index contributed by atoms with van der Waals surface area (Å²) in [4.78, 5) is 11.9. The molecule has 3 aromatic rings. The Kier molecular flexibility index (Phi) is 4.57. The molecule has 0 spiro atoms. The first-order valence-electron chi connectivity index (χ1n) is 8.95. The lowest BCUT2D eigenvalue weighted by molar-refractivity contribution is 0.178. The Balaban J connectivity index is 1.92. The van der Waals surface area contributed by atoms with Crippen LogP contribution in [0.2, 0.25) is 0 Å². The molecule has 1 N–H and O–H groups in total. The van der Waals surface area contributed by atoms with Crippen molar-refractivity contribution in [1.29, 1.82) is 0 Å². The third-order valence-electron chi connectivity index (χ3n) is 4.70. The van der Waals surface area contributed by atoms with Gasteiger partial charge in [-0.2, -0.15) is 5.10 Å². The monoisotopic (exact) mass is 352 g/mol. The minimum absolute atomic E-state index is 0.382. The number of ether oxygens (including phenoxy) is 1. The predicted octanol–water partition coefficient (Wildman–Crippen LogP) is 1.99. The van der Waals surface area contributed by atoms with Crippen molar-refractivity contribution in [1.82, 2.24) is 25.1 Å². The SMILES string of the molecule is COCc1nc(N2CCNCC2)c2c(C)nn(-c3ccc(C)cc3)c2n1. The molecule has 1 aliphatic rings. The van der Waals surface area contributed by atoms with Gasteiger partial charge in [0.25, 0.3) is 0 Å². The summed E-state index contributed by atoms with van der Waals surface area (Å²) in [6.07, 6.45) is 0. The third-order valence-corrected chi connectivity index (χ3v) is 4.70. The highest BCUT2D eigenvalue weighted by Gasteiger charge is 2.22. The Morgan fingerprint density at radius 3 is 2.50 bits per heavy atom. The molecule has 4 rings (SSSR count). The number of anilines is 1. The van der Waals surface area contributed by atoms with Crippen LogP contribution in [0.3, 0.4) is 0 Å². The van der Waals surface area contributed by atoms with E-state index in [1.165, 1.54) is 5.56 Å². The minimum atomic E-state index is 0.382. The van der Waals surface area contributed by atoms with Gasteiger partial charge in [0.1, 0.15) is 12.4 Å². The molecular weight excluding hydrogens is 328 g/mol. The summed E-state index contributed by atoms with van der Waals surface area (Å²) in [5.41, 5.74) is 4.00. The predicted molar refractivity (Wildman–Crippen MR) is 102 cm³/mol. The molecular formula is C19H24N6O. The first-order valence-corrected chi connectivity index (χ1v) is 8.95. The average Bonchev–Trinajstić information content (AvgIpc) is 2.99. The van der Waals surface area contributed by atoms with E-state index in [-0.39, 0.29) is 0 Å². The molecule has 26 heavy (non-hydrogen) atoms. The van der Waals surface area contributed by atoms with E-state index in [1.54, 1.807) is 7.11 Å². The van der Waals surface area contributed by atoms with E-state index in [9.17, 15) is 0 Å². The molecule has 0 saturated carbocycles. The maximum absolute atomic E-state index is 5.30. The van der Waals surface area contributed by atoms with E-state index in [0.29, 0.717) is 12.4 Å². The van der Waals surface area contributed by atoms with Gasteiger partial charge >= 0.3 is 0 Å². The quantitative estimate of drug-likeness (QED) is 0.774. The number of piperazine rings is 1. The van der Waals surface area contributed by atoms with Crippen LogP contribution in [0.15, 0.2) is 24.3 Å². The lowest BCUT2D eigenvalue weighted by Crippen LogP contribution is -2.44. The van der Waals surface area contributed by atoms with Crippen molar-refractivity contribution in [2.45, 2.75) is 20.5 Å². The minimum Gasteiger partial charge on any atom is -0.377 e. The van der Waals surface area contributed by atoms with Crippen molar-refractivity contribution in [3.63, 3.8) is 0 Å². The van der Waals surface area contributed by atoms with Crippen LogP contribution < -0.4 is 10.2 Å². The molecule has 7 nitrogen and oxygen atoms in total. The molecule has 1 aliphatic heterocycles. The van der Waals surface area contributed by atoms with Gasteiger partial charge in [-0.25, -0.2) is 14.6 Å². The lowest BCUT2D eigenvalue weighted by Gasteiger charge is -2.29. The van der Waals surface area contributed by atoms with Crippen LogP contribution in [0.25, 0.3) is 16.7 Å². The van der Waals surface area contributed by atoms with Gasteiger partial charge in [-0.05, 0) is 26.0 Å². The van der Waals surface area contributed by atoms with Gasteiger partial charge in [0, 0.05) is 33.3 Å². The number of aryl methyl sites for hydroxylation is 2. The summed E-state index contributed by atoms with van der Waals surface area (Å²) in [6.45, 7) is 8.25. The fourth-order valence-corrected chi connectivity index (χ4v) is 3.37. The number of methoxy groups -OCH3 is 1. The summed E-state index contributed by atoms with van der Waals surface area (Å²) >= 11 is 0. The van der Waals surface area contributed by atoms with E-state index in [1.807, 2.05) is 11.6 Å². The van der Waals surface area contributed by atoms with Crippen molar-refractivity contribution in [2.24, 2.45) is 0 Å². The maximum Gasteiger partial charge on any atom is 0.169 e. The van der Waals surface area contributed by atoms with Gasteiger partial charge in [0.2, 0.25) is 0 Å². The molecule has 1 aromatic carbocycles. The highest BCUT2D eigenvalue weighted by Crippen LogP contribution is 2.29. The smallest absolute Gasteiger partial charge is 0.169 e. The van der Waals surface area contributed by atoms with Crippen LogP contribution >= 0.6 is 0 Å². The van der Waals surface area contributed by atoms with Gasteiger partial charge in [0.15, 0.2) is 11.5 Å². The number of benzene rings is 1. The van der Waals surface area contributed by atoms with Crippen LogP contribution in [0, 0.1) is 13.8 Å². The van der Waals surface area contributed by atoms with E-state index >= 15 is 0 Å². The molecule has 1 saturated heterocycles.